The number of carbonyl (C=O) groups excluding carboxylic acids is 3. The fraction of sp³-hybridized carbons (Fsp3) is 0.182. The zero-order chi connectivity index (χ0) is 30.3. The average molecular weight is 603 g/mol. The molecule has 0 aliphatic carbocycles. The van der Waals surface area contributed by atoms with Crippen molar-refractivity contribution in [1.29, 1.82) is 0 Å². The largest absolute Gasteiger partial charge is 0.369 e. The molecule has 5 rings (SSSR count). The lowest BCUT2D eigenvalue weighted by Gasteiger charge is -2.26. The molecule has 0 aromatic heterocycles. The van der Waals surface area contributed by atoms with Gasteiger partial charge >= 0.3 is 0 Å². The van der Waals surface area contributed by atoms with Crippen LogP contribution in [-0.4, -0.2) is 48.8 Å². The molecule has 3 amide bonds. The van der Waals surface area contributed by atoms with Crippen molar-refractivity contribution in [2.45, 2.75) is 13.0 Å². The zero-order valence-corrected chi connectivity index (χ0v) is 23.9. The second-order valence-electron chi connectivity index (χ2n) is 10.1. The lowest BCUT2D eigenvalue weighted by molar-refractivity contribution is 0.0766. The number of benzene rings is 4. The number of hydrogen-bond donors (Lipinski definition) is 2. The van der Waals surface area contributed by atoms with Crippen LogP contribution in [0, 0.1) is 11.6 Å². The van der Waals surface area contributed by atoms with Crippen LogP contribution in [0.1, 0.15) is 43.1 Å². The maximum atomic E-state index is 13.7. The summed E-state index contributed by atoms with van der Waals surface area (Å²) in [5, 5.41) is 6.00. The summed E-state index contributed by atoms with van der Waals surface area (Å²) in [4.78, 5) is 43.2. The minimum absolute atomic E-state index is 0.171. The molecule has 0 spiro atoms. The summed E-state index contributed by atoms with van der Waals surface area (Å²) in [6.07, 6.45) is 0.628. The van der Waals surface area contributed by atoms with E-state index in [4.69, 9.17) is 11.6 Å². The fourth-order valence-electron chi connectivity index (χ4n) is 4.96. The Morgan fingerprint density at radius 2 is 1.53 bits per heavy atom. The van der Waals surface area contributed by atoms with Crippen LogP contribution in [0.15, 0.2) is 91.0 Å². The van der Waals surface area contributed by atoms with E-state index in [9.17, 15) is 23.2 Å². The topological polar surface area (TPSA) is 81.8 Å². The number of anilines is 2. The number of halogens is 3. The third-order valence-electron chi connectivity index (χ3n) is 7.18. The molecule has 0 bridgehead atoms. The first-order chi connectivity index (χ1) is 20.8. The second-order valence-corrected chi connectivity index (χ2v) is 10.5. The van der Waals surface area contributed by atoms with E-state index in [0.29, 0.717) is 60.1 Å². The van der Waals surface area contributed by atoms with Gasteiger partial charge in [-0.15, -0.1) is 0 Å². The fourth-order valence-corrected chi connectivity index (χ4v) is 5.18. The van der Waals surface area contributed by atoms with Crippen LogP contribution in [0.5, 0.6) is 0 Å². The SMILES string of the molecule is O=C(Nc1ccc(N2CCCN(C(=O)c3cccc(F)c3)CC2)c(C(=O)NCc2ccc(F)cc2)c1)c1ccccc1Cl. The Kier molecular flexibility index (Phi) is 9.32. The molecule has 4 aromatic carbocycles. The number of hydrogen-bond acceptors (Lipinski definition) is 4. The van der Waals surface area contributed by atoms with Gasteiger partial charge in [-0.1, -0.05) is 41.9 Å². The van der Waals surface area contributed by atoms with E-state index in [1.54, 1.807) is 65.6 Å². The normalized spacial score (nSPS) is 13.3. The van der Waals surface area contributed by atoms with E-state index in [2.05, 4.69) is 10.6 Å². The number of rotatable bonds is 7. The van der Waals surface area contributed by atoms with Crippen molar-refractivity contribution < 1.29 is 23.2 Å². The van der Waals surface area contributed by atoms with Crippen molar-refractivity contribution in [1.82, 2.24) is 10.2 Å². The zero-order valence-electron chi connectivity index (χ0n) is 23.2. The maximum Gasteiger partial charge on any atom is 0.257 e. The maximum absolute atomic E-state index is 13.7. The van der Waals surface area contributed by atoms with Gasteiger partial charge in [0.1, 0.15) is 11.6 Å². The highest BCUT2D eigenvalue weighted by Crippen LogP contribution is 2.27. The summed E-state index contributed by atoms with van der Waals surface area (Å²) in [5.74, 6) is -1.90. The van der Waals surface area contributed by atoms with E-state index < -0.39 is 11.7 Å². The summed E-state index contributed by atoms with van der Waals surface area (Å²) in [5.41, 5.74) is 2.66. The van der Waals surface area contributed by atoms with Crippen molar-refractivity contribution in [3.05, 3.63) is 130 Å². The highest BCUT2D eigenvalue weighted by atomic mass is 35.5. The molecule has 2 N–H and O–H groups in total. The molecule has 1 aliphatic rings. The molecule has 0 unspecified atom stereocenters. The Bertz CT molecular complexity index is 1650. The molecule has 0 saturated carbocycles. The first-order valence-electron chi connectivity index (χ1n) is 13.8. The summed E-state index contributed by atoms with van der Waals surface area (Å²) in [7, 11) is 0. The quantitative estimate of drug-likeness (QED) is 0.266. The Balaban J connectivity index is 1.38. The van der Waals surface area contributed by atoms with Gasteiger partial charge in [-0.2, -0.15) is 0 Å². The Hall–Kier alpha value is -4.76. The molecule has 1 heterocycles. The third kappa shape index (κ3) is 7.37. The van der Waals surface area contributed by atoms with Crippen molar-refractivity contribution in [3.8, 4) is 0 Å². The van der Waals surface area contributed by atoms with Crippen molar-refractivity contribution in [2.75, 3.05) is 36.4 Å². The lowest BCUT2D eigenvalue weighted by atomic mass is 10.1. The van der Waals surface area contributed by atoms with Gasteiger partial charge in [0.25, 0.3) is 17.7 Å². The Morgan fingerprint density at radius 1 is 0.744 bits per heavy atom. The highest BCUT2D eigenvalue weighted by Gasteiger charge is 2.24. The summed E-state index contributed by atoms with van der Waals surface area (Å²) < 4.78 is 27.1. The second kappa shape index (κ2) is 13.5. The molecule has 1 aliphatic heterocycles. The highest BCUT2D eigenvalue weighted by molar-refractivity contribution is 6.34. The van der Waals surface area contributed by atoms with Gasteiger partial charge in [0.15, 0.2) is 0 Å². The van der Waals surface area contributed by atoms with Crippen LogP contribution < -0.4 is 15.5 Å². The molecule has 1 saturated heterocycles. The van der Waals surface area contributed by atoms with Crippen molar-refractivity contribution in [2.24, 2.45) is 0 Å². The van der Waals surface area contributed by atoms with E-state index in [1.165, 1.54) is 30.3 Å². The molecule has 0 atom stereocenters. The van der Waals surface area contributed by atoms with Gasteiger partial charge in [0.05, 0.1) is 16.1 Å². The van der Waals surface area contributed by atoms with Crippen LogP contribution in [0.3, 0.4) is 0 Å². The number of nitrogens with one attached hydrogen (secondary N) is 2. The van der Waals surface area contributed by atoms with Crippen LogP contribution in [0.2, 0.25) is 5.02 Å². The van der Waals surface area contributed by atoms with Crippen LogP contribution in [0.4, 0.5) is 20.2 Å². The first kappa shape index (κ1) is 29.7. The molecule has 0 radical (unpaired) electrons. The van der Waals surface area contributed by atoms with Gasteiger partial charge < -0.3 is 20.4 Å². The smallest absolute Gasteiger partial charge is 0.257 e. The van der Waals surface area contributed by atoms with Crippen molar-refractivity contribution in [3.63, 3.8) is 0 Å². The Labute approximate surface area is 253 Å². The van der Waals surface area contributed by atoms with E-state index >= 15 is 0 Å². The van der Waals surface area contributed by atoms with Crippen LogP contribution in [0.25, 0.3) is 0 Å². The summed E-state index contributed by atoms with van der Waals surface area (Å²) in [6, 6.07) is 23.2. The molecular weight excluding hydrogens is 574 g/mol. The van der Waals surface area contributed by atoms with Crippen LogP contribution >= 0.6 is 11.6 Å². The van der Waals surface area contributed by atoms with E-state index in [0.717, 1.165) is 5.56 Å². The third-order valence-corrected chi connectivity index (χ3v) is 7.51. The van der Waals surface area contributed by atoms with Crippen molar-refractivity contribution >= 4 is 40.7 Å². The molecule has 43 heavy (non-hydrogen) atoms. The standard InChI is InChI=1S/C33H29ClF2N4O3/c34-29-8-2-1-7-27(29)32(42)38-26-13-14-30(28(20-26)31(41)37-21-22-9-11-24(35)12-10-22)39-15-4-16-40(18-17-39)33(43)23-5-3-6-25(36)19-23/h1-3,5-14,19-20H,4,15-18,21H2,(H,37,41)(H,38,42). The molecular formula is C33H29ClF2N4O3. The average Bonchev–Trinajstić information content (AvgIpc) is 3.27. The molecule has 4 aromatic rings. The minimum atomic E-state index is -0.472. The van der Waals surface area contributed by atoms with Gasteiger partial charge in [-0.25, -0.2) is 8.78 Å². The minimum Gasteiger partial charge on any atom is -0.369 e. The molecule has 1 fully saturated rings. The van der Waals surface area contributed by atoms with Gasteiger partial charge in [0, 0.05) is 49.7 Å². The number of carbonyl (C=O) groups is 3. The molecule has 10 heteroatoms. The predicted octanol–water partition coefficient (Wildman–Crippen LogP) is 6.15. The Morgan fingerprint density at radius 3 is 2.30 bits per heavy atom. The number of amides is 3. The van der Waals surface area contributed by atoms with Gasteiger partial charge in [0.2, 0.25) is 0 Å². The summed E-state index contributed by atoms with van der Waals surface area (Å²) in [6.45, 7) is 2.02. The number of nitrogens with zero attached hydrogens (tertiary/aromatic N) is 2. The molecule has 7 nitrogen and oxygen atoms in total. The summed E-state index contributed by atoms with van der Waals surface area (Å²) >= 11 is 6.20. The van der Waals surface area contributed by atoms with Crippen LogP contribution in [-0.2, 0) is 6.54 Å². The lowest BCUT2D eigenvalue weighted by Crippen LogP contribution is -2.36. The molecule has 220 valence electrons. The van der Waals surface area contributed by atoms with Gasteiger partial charge in [-0.3, -0.25) is 14.4 Å². The predicted molar refractivity (Wildman–Crippen MR) is 163 cm³/mol. The monoisotopic (exact) mass is 602 g/mol. The van der Waals surface area contributed by atoms with E-state index in [1.807, 2.05) is 4.90 Å². The van der Waals surface area contributed by atoms with Gasteiger partial charge in [-0.05, 0) is 72.6 Å². The first-order valence-corrected chi connectivity index (χ1v) is 14.2. The van der Waals surface area contributed by atoms with E-state index in [-0.39, 0.29) is 29.7 Å².